The highest BCUT2D eigenvalue weighted by Gasteiger charge is 2.23. The molecule has 1 aliphatic carbocycles. The first-order valence-electron chi connectivity index (χ1n) is 11.6. The molecule has 0 spiro atoms. The topological polar surface area (TPSA) is 60.5 Å². The largest absolute Gasteiger partial charge is 0.363 e. The minimum absolute atomic E-state index is 0.0288. The number of pyridine rings is 1. The van der Waals surface area contributed by atoms with Crippen LogP contribution in [0.2, 0.25) is 0 Å². The van der Waals surface area contributed by atoms with Crippen LogP contribution in [0.3, 0.4) is 0 Å². The first-order valence-corrected chi connectivity index (χ1v) is 11.6. The molecule has 1 saturated heterocycles. The van der Waals surface area contributed by atoms with E-state index in [-0.39, 0.29) is 6.03 Å². The lowest BCUT2D eigenvalue weighted by molar-refractivity contribution is 0.125. The number of anilines is 2. The molecule has 6 nitrogen and oxygen atoms in total. The van der Waals surface area contributed by atoms with Crippen molar-refractivity contribution < 1.29 is 4.79 Å². The minimum Gasteiger partial charge on any atom is -0.363 e. The van der Waals surface area contributed by atoms with E-state index in [1.54, 1.807) is 0 Å². The van der Waals surface area contributed by atoms with E-state index in [4.69, 9.17) is 4.98 Å². The molecule has 5 rings (SSSR count). The number of aryl methyl sites for hydroxylation is 1. The number of urea groups is 1. The van der Waals surface area contributed by atoms with Crippen molar-refractivity contribution in [2.45, 2.75) is 38.8 Å². The summed E-state index contributed by atoms with van der Waals surface area (Å²) in [6.07, 6.45) is 2.20. The lowest BCUT2D eigenvalue weighted by Crippen LogP contribution is -2.51. The Hall–Kier alpha value is -3.12. The molecule has 1 atom stereocenters. The molecule has 1 fully saturated rings. The monoisotopic (exact) mass is 429 g/mol. The number of hydrogen-bond acceptors (Lipinski definition) is 4. The Morgan fingerprint density at radius 2 is 1.84 bits per heavy atom. The molecule has 6 heteroatoms. The van der Waals surface area contributed by atoms with Crippen LogP contribution >= 0.6 is 0 Å². The second kappa shape index (κ2) is 8.79. The highest BCUT2D eigenvalue weighted by Crippen LogP contribution is 2.33. The van der Waals surface area contributed by atoms with Gasteiger partial charge in [-0.1, -0.05) is 24.3 Å². The van der Waals surface area contributed by atoms with Gasteiger partial charge in [-0.3, -0.25) is 4.90 Å². The molecule has 32 heavy (non-hydrogen) atoms. The molecular weight excluding hydrogens is 398 g/mol. The summed E-state index contributed by atoms with van der Waals surface area (Å²) in [7, 11) is 0. The highest BCUT2D eigenvalue weighted by molar-refractivity contribution is 5.93. The molecule has 166 valence electrons. The van der Waals surface area contributed by atoms with Crippen LogP contribution in [0.4, 0.5) is 16.3 Å². The lowest BCUT2D eigenvalue weighted by atomic mass is 10.1. The number of amides is 2. The molecule has 2 heterocycles. The van der Waals surface area contributed by atoms with Crippen molar-refractivity contribution in [3.05, 3.63) is 65.7 Å². The van der Waals surface area contributed by atoms with Gasteiger partial charge < -0.3 is 15.5 Å². The van der Waals surface area contributed by atoms with Crippen molar-refractivity contribution in [1.82, 2.24) is 14.8 Å². The molecule has 0 bridgehead atoms. The number of fused-ring (bicyclic) bond motifs is 2. The number of benzene rings is 2. The molecule has 0 saturated carbocycles. The number of nitrogens with one attached hydrogen (secondary N) is 2. The van der Waals surface area contributed by atoms with Crippen LogP contribution in [-0.2, 0) is 6.42 Å². The summed E-state index contributed by atoms with van der Waals surface area (Å²) in [6, 6.07) is 19.5. The Bertz CT molecular complexity index is 1120. The lowest BCUT2D eigenvalue weighted by Gasteiger charge is -2.36. The Balaban J connectivity index is 1.24. The number of rotatable bonds is 4. The van der Waals surface area contributed by atoms with Crippen LogP contribution in [0, 0.1) is 0 Å². The zero-order chi connectivity index (χ0) is 22.1. The van der Waals surface area contributed by atoms with Gasteiger partial charge in [-0.25, -0.2) is 9.78 Å². The molecular formula is C26H31N5O. The average molecular weight is 430 g/mol. The van der Waals surface area contributed by atoms with Gasteiger partial charge in [0.25, 0.3) is 0 Å². The summed E-state index contributed by atoms with van der Waals surface area (Å²) in [4.78, 5) is 21.8. The van der Waals surface area contributed by atoms with Gasteiger partial charge in [0.1, 0.15) is 5.82 Å². The molecule has 2 aliphatic rings. The number of nitrogens with zero attached hydrogens (tertiary/aromatic N) is 3. The molecule has 1 aromatic heterocycles. The highest BCUT2D eigenvalue weighted by atomic mass is 16.2. The predicted octanol–water partition coefficient (Wildman–Crippen LogP) is 4.89. The average Bonchev–Trinajstić information content (AvgIpc) is 3.22. The Labute approximate surface area is 189 Å². The predicted molar refractivity (Wildman–Crippen MR) is 130 cm³/mol. The van der Waals surface area contributed by atoms with E-state index in [9.17, 15) is 4.79 Å². The van der Waals surface area contributed by atoms with Crippen LogP contribution in [0.5, 0.6) is 0 Å². The standard InChI is InChI=1S/C26H31N5O/c1-18(2)30-13-15-31(16-14-30)26(32)27-21-9-11-23-20(17-21)8-12-25(28-23)29-24-10-7-19-5-3-4-6-22(19)24/h3-6,8-9,11-12,17-18,24H,7,10,13-16H2,1-2H3,(H,27,32)(H,28,29)/t24-/m1/s1. The van der Waals surface area contributed by atoms with E-state index in [2.05, 4.69) is 59.7 Å². The number of carbonyl (C=O) groups excluding carboxylic acids is 1. The van der Waals surface area contributed by atoms with Gasteiger partial charge >= 0.3 is 6.03 Å². The molecule has 2 N–H and O–H groups in total. The third kappa shape index (κ3) is 4.28. The fourth-order valence-corrected chi connectivity index (χ4v) is 4.81. The van der Waals surface area contributed by atoms with Crippen LogP contribution in [-0.4, -0.2) is 53.0 Å². The fourth-order valence-electron chi connectivity index (χ4n) is 4.81. The number of carbonyl (C=O) groups is 1. The zero-order valence-electron chi connectivity index (χ0n) is 18.8. The maximum Gasteiger partial charge on any atom is 0.321 e. The number of piperazine rings is 1. The van der Waals surface area contributed by atoms with Gasteiger partial charge in [0, 0.05) is 43.3 Å². The number of hydrogen-bond donors (Lipinski definition) is 2. The summed E-state index contributed by atoms with van der Waals surface area (Å²) in [5.41, 5.74) is 4.53. The fraction of sp³-hybridized carbons (Fsp3) is 0.385. The third-order valence-corrected chi connectivity index (χ3v) is 6.73. The van der Waals surface area contributed by atoms with Crippen molar-refractivity contribution in [3.63, 3.8) is 0 Å². The van der Waals surface area contributed by atoms with Gasteiger partial charge in [-0.15, -0.1) is 0 Å². The van der Waals surface area contributed by atoms with E-state index >= 15 is 0 Å². The molecule has 0 radical (unpaired) electrons. The van der Waals surface area contributed by atoms with E-state index in [1.807, 2.05) is 29.2 Å². The Morgan fingerprint density at radius 1 is 1.03 bits per heavy atom. The van der Waals surface area contributed by atoms with Crippen molar-refractivity contribution >= 4 is 28.4 Å². The number of aromatic nitrogens is 1. The van der Waals surface area contributed by atoms with Crippen LogP contribution < -0.4 is 10.6 Å². The molecule has 0 unspecified atom stereocenters. The van der Waals surface area contributed by atoms with Gasteiger partial charge in [0.2, 0.25) is 0 Å². The first kappa shape index (κ1) is 20.8. The van der Waals surface area contributed by atoms with Gasteiger partial charge in [0.05, 0.1) is 11.6 Å². The van der Waals surface area contributed by atoms with Crippen LogP contribution in [0.15, 0.2) is 54.6 Å². The molecule has 3 aromatic rings. The summed E-state index contributed by atoms with van der Waals surface area (Å²) >= 11 is 0. The molecule has 1 aliphatic heterocycles. The molecule has 2 aromatic carbocycles. The minimum atomic E-state index is -0.0288. The molecule has 2 amide bonds. The second-order valence-corrected chi connectivity index (χ2v) is 9.09. The van der Waals surface area contributed by atoms with E-state index in [0.717, 1.165) is 61.4 Å². The van der Waals surface area contributed by atoms with Crippen molar-refractivity contribution in [1.29, 1.82) is 0 Å². The summed E-state index contributed by atoms with van der Waals surface area (Å²) in [6.45, 7) is 7.78. The van der Waals surface area contributed by atoms with Gasteiger partial charge in [-0.2, -0.15) is 0 Å². The Morgan fingerprint density at radius 3 is 2.66 bits per heavy atom. The SMILES string of the molecule is CC(C)N1CCN(C(=O)Nc2ccc3nc(N[C@@H]4CCc5ccccc54)ccc3c2)CC1. The summed E-state index contributed by atoms with van der Waals surface area (Å²) < 4.78 is 0. The van der Waals surface area contributed by atoms with Crippen LogP contribution in [0.1, 0.15) is 37.4 Å². The smallest absolute Gasteiger partial charge is 0.321 e. The van der Waals surface area contributed by atoms with E-state index < -0.39 is 0 Å². The maximum atomic E-state index is 12.7. The Kier molecular flexibility index (Phi) is 5.70. The van der Waals surface area contributed by atoms with Gasteiger partial charge in [0.15, 0.2) is 0 Å². The van der Waals surface area contributed by atoms with Crippen molar-refractivity contribution in [2.75, 3.05) is 36.8 Å². The van der Waals surface area contributed by atoms with Crippen LogP contribution in [0.25, 0.3) is 10.9 Å². The van der Waals surface area contributed by atoms with Crippen molar-refractivity contribution in [2.24, 2.45) is 0 Å². The normalized spacial score (nSPS) is 18.7. The zero-order valence-corrected chi connectivity index (χ0v) is 18.8. The second-order valence-electron chi connectivity index (χ2n) is 9.09. The van der Waals surface area contributed by atoms with E-state index in [0.29, 0.717) is 12.1 Å². The van der Waals surface area contributed by atoms with Crippen molar-refractivity contribution in [3.8, 4) is 0 Å². The first-order chi connectivity index (χ1) is 15.6. The maximum absolute atomic E-state index is 12.7. The van der Waals surface area contributed by atoms with E-state index in [1.165, 1.54) is 11.1 Å². The summed E-state index contributed by atoms with van der Waals surface area (Å²) in [5.74, 6) is 0.888. The third-order valence-electron chi connectivity index (χ3n) is 6.73. The quantitative estimate of drug-likeness (QED) is 0.620. The summed E-state index contributed by atoms with van der Waals surface area (Å²) in [5, 5.41) is 7.67. The van der Waals surface area contributed by atoms with Gasteiger partial charge in [-0.05, 0) is 68.1 Å².